The van der Waals surface area contributed by atoms with Crippen molar-refractivity contribution in [2.24, 2.45) is 16.2 Å². The van der Waals surface area contributed by atoms with Crippen LogP contribution in [-0.2, 0) is 11.0 Å². The van der Waals surface area contributed by atoms with Gasteiger partial charge in [0.05, 0.1) is 27.9 Å². The smallest absolute Gasteiger partial charge is 0.160 e. The molecule has 0 aliphatic heterocycles. The molecule has 1 aromatic heterocycles. The van der Waals surface area contributed by atoms with Crippen LogP contribution in [0.2, 0.25) is 5.02 Å². The summed E-state index contributed by atoms with van der Waals surface area (Å²) in [5.74, 6) is 0.809. The lowest BCUT2D eigenvalue weighted by Gasteiger charge is -2.20. The van der Waals surface area contributed by atoms with E-state index < -0.39 is 16.8 Å². The van der Waals surface area contributed by atoms with E-state index in [9.17, 15) is 8.60 Å². The Morgan fingerprint density at radius 3 is 2.85 bits per heavy atom. The van der Waals surface area contributed by atoms with Crippen LogP contribution in [0.5, 0.6) is 0 Å². The lowest BCUT2D eigenvalue weighted by molar-refractivity contribution is 0.538. The first kappa shape index (κ1) is 15.6. The number of rotatable bonds is 5. The summed E-state index contributed by atoms with van der Waals surface area (Å²) in [6.07, 6.45) is 4.53. The molecular formula is C14H18ClFN2OS. The summed E-state index contributed by atoms with van der Waals surface area (Å²) < 4.78 is 28.9. The topological polar surface area (TPSA) is 42.3 Å². The average Bonchev–Trinajstić information content (AvgIpc) is 3.05. The first-order chi connectivity index (χ1) is 9.29. The number of aromatic nitrogens is 1. The van der Waals surface area contributed by atoms with E-state index in [1.54, 1.807) is 0 Å². The summed E-state index contributed by atoms with van der Waals surface area (Å²) in [6, 6.07) is 1.37. The molecule has 3 atom stereocenters. The summed E-state index contributed by atoms with van der Waals surface area (Å²) in [4.78, 5) is 3.84. The van der Waals surface area contributed by atoms with E-state index in [0.717, 1.165) is 18.5 Å². The molecule has 2 rings (SSSR count). The van der Waals surface area contributed by atoms with E-state index >= 15 is 0 Å². The molecule has 0 amide bonds. The van der Waals surface area contributed by atoms with Gasteiger partial charge < -0.3 is 0 Å². The standard InChI is InChI=1S/C14H18ClFN2OS/c1-9-4-10(9)6-14(2,3)20(19)18-7-11-5-12(15)13(16)8-17-11/h5,7-10H,4,6H2,1-3H3/b18-7+/t9?,10-,20-/m1/s1. The summed E-state index contributed by atoms with van der Waals surface area (Å²) >= 11 is 5.66. The fraction of sp³-hybridized carbons (Fsp3) is 0.571. The number of halogens is 2. The van der Waals surface area contributed by atoms with Gasteiger partial charge in [-0.2, -0.15) is 4.40 Å². The minimum absolute atomic E-state index is 0.0155. The normalized spacial score (nSPS) is 24.1. The van der Waals surface area contributed by atoms with E-state index in [-0.39, 0.29) is 9.77 Å². The largest absolute Gasteiger partial charge is 0.252 e. The minimum atomic E-state index is -1.35. The molecule has 110 valence electrons. The van der Waals surface area contributed by atoms with Crippen molar-refractivity contribution in [3.63, 3.8) is 0 Å². The van der Waals surface area contributed by atoms with Crippen LogP contribution < -0.4 is 0 Å². The van der Waals surface area contributed by atoms with Gasteiger partial charge in [-0.25, -0.2) is 8.60 Å². The highest BCUT2D eigenvalue weighted by atomic mass is 35.5. The lowest BCUT2D eigenvalue weighted by atomic mass is 10.1. The summed E-state index contributed by atoms with van der Waals surface area (Å²) in [5.41, 5.74) is 0.403. The van der Waals surface area contributed by atoms with E-state index in [2.05, 4.69) is 16.3 Å². The van der Waals surface area contributed by atoms with Crippen molar-refractivity contribution in [3.8, 4) is 0 Å². The van der Waals surface area contributed by atoms with Crippen LogP contribution in [0, 0.1) is 17.7 Å². The second kappa shape index (κ2) is 5.90. The zero-order valence-electron chi connectivity index (χ0n) is 11.8. The van der Waals surface area contributed by atoms with Crippen molar-refractivity contribution in [2.75, 3.05) is 0 Å². The Bertz CT molecular complexity index is 562. The van der Waals surface area contributed by atoms with Crippen LogP contribution in [0.4, 0.5) is 4.39 Å². The van der Waals surface area contributed by atoms with Crippen LogP contribution >= 0.6 is 11.6 Å². The Morgan fingerprint density at radius 1 is 1.65 bits per heavy atom. The molecule has 20 heavy (non-hydrogen) atoms. The second-order valence-corrected chi connectivity index (χ2v) is 8.17. The maximum Gasteiger partial charge on any atom is 0.160 e. The molecule has 0 saturated heterocycles. The summed E-state index contributed by atoms with van der Waals surface area (Å²) in [7, 11) is -1.35. The molecule has 1 aromatic rings. The third kappa shape index (κ3) is 3.85. The van der Waals surface area contributed by atoms with E-state index in [1.807, 2.05) is 13.8 Å². The predicted octanol–water partition coefficient (Wildman–Crippen LogP) is 3.78. The number of hydrogen-bond donors (Lipinski definition) is 0. The van der Waals surface area contributed by atoms with Gasteiger partial charge in [-0.3, -0.25) is 4.98 Å². The van der Waals surface area contributed by atoms with E-state index in [1.165, 1.54) is 18.7 Å². The van der Waals surface area contributed by atoms with Gasteiger partial charge in [-0.1, -0.05) is 18.5 Å². The van der Waals surface area contributed by atoms with Crippen molar-refractivity contribution in [1.29, 1.82) is 0 Å². The van der Waals surface area contributed by atoms with E-state index in [0.29, 0.717) is 11.6 Å². The highest BCUT2D eigenvalue weighted by molar-refractivity contribution is 7.85. The Kier molecular flexibility index (Phi) is 4.59. The third-order valence-electron chi connectivity index (χ3n) is 3.61. The molecular weight excluding hydrogens is 299 g/mol. The zero-order valence-corrected chi connectivity index (χ0v) is 13.3. The lowest BCUT2D eigenvalue weighted by Crippen LogP contribution is -2.26. The average molecular weight is 317 g/mol. The Hall–Kier alpha value is -0.810. The molecule has 1 unspecified atom stereocenters. The van der Waals surface area contributed by atoms with Crippen LogP contribution in [0.15, 0.2) is 16.7 Å². The molecule has 1 fully saturated rings. The van der Waals surface area contributed by atoms with Gasteiger partial charge in [0.15, 0.2) is 5.82 Å². The second-order valence-electron chi connectivity index (χ2n) is 5.94. The maximum atomic E-state index is 13.0. The van der Waals surface area contributed by atoms with Gasteiger partial charge in [-0.05, 0) is 44.6 Å². The summed E-state index contributed by atoms with van der Waals surface area (Å²) in [6.45, 7) is 6.12. The highest BCUT2D eigenvalue weighted by Gasteiger charge is 2.39. The first-order valence-electron chi connectivity index (χ1n) is 6.57. The maximum absolute atomic E-state index is 13.0. The van der Waals surface area contributed by atoms with Crippen molar-refractivity contribution in [2.45, 2.75) is 38.4 Å². The molecule has 0 bridgehead atoms. The molecule has 0 N–H and O–H groups in total. The van der Waals surface area contributed by atoms with Crippen LogP contribution in [0.3, 0.4) is 0 Å². The van der Waals surface area contributed by atoms with Crippen molar-refractivity contribution >= 4 is 28.8 Å². The van der Waals surface area contributed by atoms with Gasteiger partial charge in [0.2, 0.25) is 0 Å². The monoisotopic (exact) mass is 316 g/mol. The molecule has 1 saturated carbocycles. The Labute approximate surface area is 126 Å². The quantitative estimate of drug-likeness (QED) is 0.776. The number of nitrogens with zero attached hydrogens (tertiary/aromatic N) is 2. The van der Waals surface area contributed by atoms with Crippen LogP contribution in [-0.4, -0.2) is 20.2 Å². The zero-order chi connectivity index (χ0) is 14.9. The van der Waals surface area contributed by atoms with Crippen LogP contribution in [0.25, 0.3) is 0 Å². The molecule has 6 heteroatoms. The number of hydrogen-bond acceptors (Lipinski definition) is 2. The molecule has 1 aliphatic carbocycles. The van der Waals surface area contributed by atoms with Crippen molar-refractivity contribution in [3.05, 3.63) is 28.8 Å². The van der Waals surface area contributed by atoms with Crippen LogP contribution in [0.1, 0.15) is 39.3 Å². The Morgan fingerprint density at radius 2 is 2.30 bits per heavy atom. The summed E-state index contributed by atoms with van der Waals surface area (Å²) in [5, 5.41) is -0.0155. The number of pyridine rings is 1. The van der Waals surface area contributed by atoms with Gasteiger partial charge in [0, 0.05) is 0 Å². The first-order valence-corrected chi connectivity index (χ1v) is 8.05. The fourth-order valence-corrected chi connectivity index (χ4v) is 3.14. The van der Waals surface area contributed by atoms with E-state index in [4.69, 9.17) is 11.6 Å². The third-order valence-corrected chi connectivity index (χ3v) is 5.31. The molecule has 0 radical (unpaired) electrons. The molecule has 0 spiro atoms. The molecule has 1 aliphatic rings. The predicted molar refractivity (Wildman–Crippen MR) is 80.9 cm³/mol. The Balaban J connectivity index is 2.02. The molecule has 0 aromatic carbocycles. The minimum Gasteiger partial charge on any atom is -0.252 e. The SMILES string of the molecule is CC1C[C@@H]1CC(C)(C)[S@@](=O)/N=C/c1cc(Cl)c(F)cn1. The van der Waals surface area contributed by atoms with Gasteiger partial charge in [0.25, 0.3) is 0 Å². The van der Waals surface area contributed by atoms with Crippen molar-refractivity contribution in [1.82, 2.24) is 4.98 Å². The fourth-order valence-electron chi connectivity index (χ4n) is 2.13. The van der Waals surface area contributed by atoms with Gasteiger partial charge in [-0.15, -0.1) is 0 Å². The highest BCUT2D eigenvalue weighted by Crippen LogP contribution is 2.44. The molecule has 3 nitrogen and oxygen atoms in total. The van der Waals surface area contributed by atoms with Gasteiger partial charge in [0.1, 0.15) is 11.0 Å². The molecule has 1 heterocycles. The van der Waals surface area contributed by atoms with Crippen molar-refractivity contribution < 1.29 is 8.60 Å². The van der Waals surface area contributed by atoms with Gasteiger partial charge >= 0.3 is 0 Å².